The van der Waals surface area contributed by atoms with Gasteiger partial charge in [-0.15, -0.1) is 0 Å². The summed E-state index contributed by atoms with van der Waals surface area (Å²) in [5, 5.41) is 3.00. The summed E-state index contributed by atoms with van der Waals surface area (Å²) in [6, 6.07) is 16.6. The van der Waals surface area contributed by atoms with Gasteiger partial charge < -0.3 is 14.8 Å². The van der Waals surface area contributed by atoms with E-state index in [-0.39, 0.29) is 23.7 Å². The number of ether oxygens (including phenoxy) is 2. The van der Waals surface area contributed by atoms with Crippen LogP contribution >= 0.6 is 0 Å². The van der Waals surface area contributed by atoms with Crippen LogP contribution in [0.1, 0.15) is 49.7 Å². The number of benzene rings is 2. The van der Waals surface area contributed by atoms with E-state index in [1.807, 2.05) is 63.2 Å². The predicted molar refractivity (Wildman–Crippen MR) is 110 cm³/mol. The van der Waals surface area contributed by atoms with Crippen LogP contribution in [0.3, 0.4) is 0 Å². The lowest BCUT2D eigenvalue weighted by atomic mass is 10.0. The predicted octanol–water partition coefficient (Wildman–Crippen LogP) is 4.19. The van der Waals surface area contributed by atoms with E-state index in [9.17, 15) is 9.59 Å². The van der Waals surface area contributed by atoms with Crippen molar-refractivity contribution in [2.75, 3.05) is 13.2 Å². The maximum atomic E-state index is 12.7. The smallest absolute Gasteiger partial charge is 0.249 e. The molecule has 2 rings (SSSR count). The molecule has 0 saturated carbocycles. The summed E-state index contributed by atoms with van der Waals surface area (Å²) in [6.07, 6.45) is -0.557. The molecule has 0 heterocycles. The van der Waals surface area contributed by atoms with Gasteiger partial charge in [-0.25, -0.2) is 0 Å². The van der Waals surface area contributed by atoms with E-state index in [4.69, 9.17) is 9.47 Å². The van der Waals surface area contributed by atoms with Gasteiger partial charge in [0, 0.05) is 5.56 Å². The summed E-state index contributed by atoms with van der Waals surface area (Å²) in [6.45, 7) is 8.06. The molecule has 150 valence electrons. The Morgan fingerprint density at radius 1 is 0.929 bits per heavy atom. The number of amides is 1. The van der Waals surface area contributed by atoms with E-state index >= 15 is 0 Å². The van der Waals surface area contributed by atoms with Gasteiger partial charge in [0.15, 0.2) is 5.78 Å². The van der Waals surface area contributed by atoms with Crippen LogP contribution in [-0.4, -0.2) is 31.0 Å². The number of ketones is 1. The number of carbonyl (C=O) groups excluding carboxylic acids is 2. The zero-order chi connectivity index (χ0) is 20.5. The molecule has 0 aromatic heterocycles. The third kappa shape index (κ3) is 6.50. The van der Waals surface area contributed by atoms with E-state index in [0.29, 0.717) is 18.8 Å². The third-order valence-corrected chi connectivity index (χ3v) is 4.43. The van der Waals surface area contributed by atoms with Crippen LogP contribution in [-0.2, 0) is 9.53 Å². The number of hydrogen-bond donors (Lipinski definition) is 1. The van der Waals surface area contributed by atoms with Gasteiger partial charge >= 0.3 is 0 Å². The summed E-state index contributed by atoms with van der Waals surface area (Å²) < 4.78 is 11.4. The van der Waals surface area contributed by atoms with Gasteiger partial charge in [0.2, 0.25) is 5.91 Å². The molecular weight excluding hydrogens is 354 g/mol. The molecule has 5 nitrogen and oxygen atoms in total. The molecule has 0 aliphatic heterocycles. The highest BCUT2D eigenvalue weighted by Gasteiger charge is 2.24. The second-order valence-corrected chi connectivity index (χ2v) is 7.11. The van der Waals surface area contributed by atoms with E-state index < -0.39 is 6.10 Å². The molecule has 0 radical (unpaired) electrons. The summed E-state index contributed by atoms with van der Waals surface area (Å²) in [5.74, 6) is 0.676. The first-order chi connectivity index (χ1) is 13.4. The van der Waals surface area contributed by atoms with Crippen LogP contribution in [0.15, 0.2) is 54.6 Å². The molecule has 1 amide bonds. The van der Waals surface area contributed by atoms with Gasteiger partial charge in [-0.3, -0.25) is 9.59 Å². The molecule has 2 aromatic carbocycles. The topological polar surface area (TPSA) is 64.6 Å². The Kier molecular flexibility index (Phi) is 8.20. The van der Waals surface area contributed by atoms with Crippen molar-refractivity contribution in [3.8, 4) is 5.75 Å². The van der Waals surface area contributed by atoms with Gasteiger partial charge in [0.1, 0.15) is 18.5 Å². The average molecular weight is 383 g/mol. The monoisotopic (exact) mass is 383 g/mol. The Morgan fingerprint density at radius 3 is 2.14 bits per heavy atom. The zero-order valence-electron chi connectivity index (χ0n) is 17.0. The second-order valence-electron chi connectivity index (χ2n) is 7.11. The number of rotatable bonds is 10. The van der Waals surface area contributed by atoms with Crippen molar-refractivity contribution in [2.45, 2.75) is 39.8 Å². The average Bonchev–Trinajstić information content (AvgIpc) is 2.68. The Bertz CT molecular complexity index is 756. The van der Waals surface area contributed by atoms with E-state index in [2.05, 4.69) is 5.32 Å². The Hall–Kier alpha value is -2.66. The Morgan fingerprint density at radius 2 is 1.57 bits per heavy atom. The molecule has 0 saturated heterocycles. The van der Waals surface area contributed by atoms with Crippen LogP contribution in [0, 0.1) is 5.92 Å². The normalized spacial score (nSPS) is 13.0. The lowest BCUT2D eigenvalue weighted by Crippen LogP contribution is -2.41. The lowest BCUT2D eigenvalue weighted by Gasteiger charge is -2.23. The highest BCUT2D eigenvalue weighted by atomic mass is 16.5. The molecular formula is C23H29NO4. The minimum absolute atomic E-state index is 0.0224. The Balaban J connectivity index is 1.86. The van der Waals surface area contributed by atoms with Crippen molar-refractivity contribution in [3.63, 3.8) is 0 Å². The first kappa shape index (κ1) is 21.6. The summed E-state index contributed by atoms with van der Waals surface area (Å²) in [4.78, 5) is 24.1. The maximum Gasteiger partial charge on any atom is 0.249 e. The molecule has 0 fully saturated rings. The van der Waals surface area contributed by atoms with Crippen LogP contribution < -0.4 is 10.1 Å². The molecule has 2 unspecified atom stereocenters. The second kappa shape index (κ2) is 10.6. The molecule has 2 atom stereocenters. The van der Waals surface area contributed by atoms with Crippen LogP contribution in [0.5, 0.6) is 5.75 Å². The van der Waals surface area contributed by atoms with Crippen molar-refractivity contribution >= 4 is 11.7 Å². The van der Waals surface area contributed by atoms with Gasteiger partial charge in [0.25, 0.3) is 0 Å². The maximum absolute atomic E-state index is 12.7. The number of Topliss-reactive ketones (excluding diaryl/α,β-unsaturated/α-hetero) is 1. The number of hydrogen-bond acceptors (Lipinski definition) is 4. The Labute approximate surface area is 167 Å². The fourth-order valence-electron chi connectivity index (χ4n) is 2.81. The zero-order valence-corrected chi connectivity index (χ0v) is 17.0. The minimum atomic E-state index is -0.557. The number of nitrogens with one attached hydrogen (secondary N) is 1. The first-order valence-corrected chi connectivity index (χ1v) is 9.59. The molecule has 1 N–H and O–H groups in total. The van der Waals surface area contributed by atoms with E-state index in [1.54, 1.807) is 12.1 Å². The third-order valence-electron chi connectivity index (χ3n) is 4.43. The summed E-state index contributed by atoms with van der Waals surface area (Å²) in [7, 11) is 0. The van der Waals surface area contributed by atoms with Crippen molar-refractivity contribution in [3.05, 3.63) is 65.7 Å². The van der Waals surface area contributed by atoms with Gasteiger partial charge in [-0.2, -0.15) is 0 Å². The molecule has 2 aromatic rings. The molecule has 28 heavy (non-hydrogen) atoms. The molecule has 0 aliphatic carbocycles. The summed E-state index contributed by atoms with van der Waals surface area (Å²) in [5.41, 5.74) is 1.59. The number of carbonyl (C=O) groups is 2. The highest BCUT2D eigenvalue weighted by Crippen LogP contribution is 2.16. The van der Waals surface area contributed by atoms with Crippen molar-refractivity contribution in [1.82, 2.24) is 5.32 Å². The first-order valence-electron chi connectivity index (χ1n) is 9.59. The van der Waals surface area contributed by atoms with E-state index in [1.165, 1.54) is 6.92 Å². The molecule has 0 spiro atoms. The van der Waals surface area contributed by atoms with Crippen LogP contribution in [0.2, 0.25) is 0 Å². The molecule has 5 heteroatoms. The van der Waals surface area contributed by atoms with Crippen molar-refractivity contribution in [1.29, 1.82) is 0 Å². The quantitative estimate of drug-likeness (QED) is 0.494. The minimum Gasteiger partial charge on any atom is -0.491 e. The number of para-hydroxylation sites is 1. The largest absolute Gasteiger partial charge is 0.491 e. The van der Waals surface area contributed by atoms with Gasteiger partial charge in [-0.1, -0.05) is 56.3 Å². The fourth-order valence-corrected chi connectivity index (χ4v) is 2.81. The lowest BCUT2D eigenvalue weighted by molar-refractivity contribution is -0.136. The van der Waals surface area contributed by atoms with Gasteiger partial charge in [0.05, 0.1) is 12.6 Å². The highest BCUT2D eigenvalue weighted by molar-refractivity contribution is 5.94. The SMILES string of the molecule is CC(=O)c1ccc(C(C)NC(=O)C(OCCOc2ccccc2)C(C)C)cc1. The van der Waals surface area contributed by atoms with E-state index in [0.717, 1.165) is 11.3 Å². The standard InChI is InChI=1S/C23H29NO4/c1-16(2)22(28-15-14-27-21-8-6-5-7-9-21)23(26)24-17(3)19-10-12-20(13-11-19)18(4)25/h5-13,16-17,22H,14-15H2,1-4H3,(H,24,26). The van der Waals surface area contributed by atoms with Crippen LogP contribution in [0.4, 0.5) is 0 Å². The molecule has 0 aliphatic rings. The summed E-state index contributed by atoms with van der Waals surface area (Å²) >= 11 is 0. The van der Waals surface area contributed by atoms with Crippen molar-refractivity contribution < 1.29 is 19.1 Å². The van der Waals surface area contributed by atoms with Gasteiger partial charge in [-0.05, 0) is 37.5 Å². The van der Waals surface area contributed by atoms with Crippen molar-refractivity contribution in [2.24, 2.45) is 5.92 Å². The molecule has 0 bridgehead atoms. The fraction of sp³-hybridized carbons (Fsp3) is 0.391. The van der Waals surface area contributed by atoms with Crippen LogP contribution in [0.25, 0.3) is 0 Å².